The molecule has 2 amide bonds. The number of carbonyl (C=O) groups excluding carboxylic acids is 1. The number of carbonyl (C=O) groups is 1. The number of amides is 2. The van der Waals surface area contributed by atoms with Gasteiger partial charge >= 0.3 is 6.03 Å². The van der Waals surface area contributed by atoms with E-state index in [1.807, 2.05) is 22.9 Å². The van der Waals surface area contributed by atoms with Crippen molar-refractivity contribution in [1.82, 2.24) is 15.1 Å². The highest BCUT2D eigenvalue weighted by Gasteiger charge is 2.20. The van der Waals surface area contributed by atoms with Gasteiger partial charge in [0, 0.05) is 30.9 Å². The molecule has 0 aliphatic carbocycles. The number of aryl methyl sites for hydroxylation is 1. The molecule has 0 fully saturated rings. The monoisotopic (exact) mass is 290 g/mol. The lowest BCUT2D eigenvalue weighted by Gasteiger charge is -2.24. The molecule has 1 aliphatic rings. The van der Waals surface area contributed by atoms with Gasteiger partial charge in [0.2, 0.25) is 0 Å². The van der Waals surface area contributed by atoms with Crippen LogP contribution in [0.15, 0.2) is 36.5 Å². The van der Waals surface area contributed by atoms with Crippen LogP contribution in [0.25, 0.3) is 0 Å². The normalized spacial score (nSPS) is 17.4. The molecule has 1 aliphatic heterocycles. The summed E-state index contributed by atoms with van der Waals surface area (Å²) in [5.74, 6) is 0. The fraction of sp³-hybridized carbons (Fsp3) is 0.286. The highest BCUT2D eigenvalue weighted by molar-refractivity contribution is 6.33. The number of benzene rings is 1. The van der Waals surface area contributed by atoms with Crippen LogP contribution in [0.4, 0.5) is 10.5 Å². The zero-order chi connectivity index (χ0) is 13.9. The molecule has 104 valence electrons. The number of nitrogens with one attached hydrogen (secondary N) is 2. The molecule has 20 heavy (non-hydrogen) atoms. The Bertz CT molecular complexity index is 625. The first-order chi connectivity index (χ1) is 9.72. The summed E-state index contributed by atoms with van der Waals surface area (Å²) < 4.78 is 1.98. The van der Waals surface area contributed by atoms with E-state index in [0.717, 1.165) is 25.1 Å². The van der Waals surface area contributed by atoms with Crippen molar-refractivity contribution in [3.05, 3.63) is 47.2 Å². The number of rotatable bonds is 2. The van der Waals surface area contributed by atoms with E-state index in [4.69, 9.17) is 11.6 Å². The van der Waals surface area contributed by atoms with Gasteiger partial charge in [0.1, 0.15) is 0 Å². The molecule has 0 radical (unpaired) electrons. The van der Waals surface area contributed by atoms with Crippen molar-refractivity contribution >= 4 is 23.3 Å². The lowest BCUT2D eigenvalue weighted by atomic mass is 10.0. The van der Waals surface area contributed by atoms with Crippen LogP contribution < -0.4 is 10.6 Å². The Hall–Kier alpha value is -2.01. The fourth-order valence-electron chi connectivity index (χ4n) is 2.40. The van der Waals surface area contributed by atoms with Gasteiger partial charge in [-0.1, -0.05) is 23.7 Å². The van der Waals surface area contributed by atoms with Crippen molar-refractivity contribution in [2.24, 2.45) is 0 Å². The molecule has 0 spiro atoms. The van der Waals surface area contributed by atoms with Crippen LogP contribution in [0.3, 0.4) is 0 Å². The topological polar surface area (TPSA) is 59.0 Å². The largest absolute Gasteiger partial charge is 0.335 e. The number of fused-ring (bicyclic) bond motifs is 1. The predicted octanol–water partition coefficient (Wildman–Crippen LogP) is 2.67. The summed E-state index contributed by atoms with van der Waals surface area (Å²) in [5, 5.41) is 10.5. The Morgan fingerprint density at radius 2 is 2.20 bits per heavy atom. The summed E-state index contributed by atoms with van der Waals surface area (Å²) in [7, 11) is 0. The minimum atomic E-state index is -0.226. The molecule has 0 unspecified atom stereocenters. The number of aromatic nitrogens is 2. The third-order valence-corrected chi connectivity index (χ3v) is 3.74. The Morgan fingerprint density at radius 3 is 3.05 bits per heavy atom. The van der Waals surface area contributed by atoms with Crippen molar-refractivity contribution in [3.8, 4) is 0 Å². The standard InChI is InChI=1S/C14H15ClN4O/c15-12-3-1-2-4-13(12)18-14(20)17-10-6-8-19-11(9-10)5-7-16-19/h1-5,7,10H,6,8-9H2,(H2,17,18,20)/t10-/m1/s1. The zero-order valence-corrected chi connectivity index (χ0v) is 11.6. The smallest absolute Gasteiger partial charge is 0.319 e. The Labute approximate surface area is 121 Å². The summed E-state index contributed by atoms with van der Waals surface area (Å²) in [6.45, 7) is 0.833. The first-order valence-corrected chi connectivity index (χ1v) is 6.93. The van der Waals surface area contributed by atoms with Gasteiger partial charge in [0.25, 0.3) is 0 Å². The second-order valence-electron chi connectivity index (χ2n) is 4.81. The molecule has 1 aromatic carbocycles. The minimum absolute atomic E-state index is 0.127. The molecule has 1 aromatic heterocycles. The predicted molar refractivity (Wildman–Crippen MR) is 77.9 cm³/mol. The molecular weight excluding hydrogens is 276 g/mol. The lowest BCUT2D eigenvalue weighted by Crippen LogP contribution is -2.42. The van der Waals surface area contributed by atoms with Gasteiger partial charge in [0.15, 0.2) is 0 Å². The SMILES string of the molecule is O=C(Nc1ccccc1Cl)N[C@@H]1CCn2nccc2C1. The van der Waals surface area contributed by atoms with Crippen LogP contribution in [-0.4, -0.2) is 21.9 Å². The number of urea groups is 1. The van der Waals surface area contributed by atoms with Crippen molar-refractivity contribution in [1.29, 1.82) is 0 Å². The number of hydrogen-bond donors (Lipinski definition) is 2. The summed E-state index contributed by atoms with van der Waals surface area (Å²) in [4.78, 5) is 12.0. The summed E-state index contributed by atoms with van der Waals surface area (Å²) in [6, 6.07) is 9.07. The molecular formula is C14H15ClN4O. The van der Waals surface area contributed by atoms with Crippen molar-refractivity contribution in [2.75, 3.05) is 5.32 Å². The van der Waals surface area contributed by atoms with Crippen LogP contribution in [0.5, 0.6) is 0 Å². The maximum absolute atomic E-state index is 12.0. The van der Waals surface area contributed by atoms with Crippen LogP contribution in [0.2, 0.25) is 5.02 Å². The van der Waals surface area contributed by atoms with E-state index in [1.165, 1.54) is 0 Å². The Balaban J connectivity index is 1.59. The summed E-state index contributed by atoms with van der Waals surface area (Å²) in [6.07, 6.45) is 3.47. The highest BCUT2D eigenvalue weighted by Crippen LogP contribution is 2.20. The van der Waals surface area contributed by atoms with E-state index in [2.05, 4.69) is 15.7 Å². The van der Waals surface area contributed by atoms with E-state index in [-0.39, 0.29) is 12.1 Å². The van der Waals surface area contributed by atoms with Crippen molar-refractivity contribution < 1.29 is 4.79 Å². The molecule has 2 aromatic rings. The summed E-state index contributed by atoms with van der Waals surface area (Å²) in [5.41, 5.74) is 1.77. The average molecular weight is 291 g/mol. The van der Waals surface area contributed by atoms with E-state index < -0.39 is 0 Å². The average Bonchev–Trinajstić information content (AvgIpc) is 2.89. The first kappa shape index (κ1) is 13.0. The highest BCUT2D eigenvalue weighted by atomic mass is 35.5. The molecule has 2 heterocycles. The molecule has 6 heteroatoms. The molecule has 0 saturated carbocycles. The van der Waals surface area contributed by atoms with Crippen LogP contribution in [-0.2, 0) is 13.0 Å². The fourth-order valence-corrected chi connectivity index (χ4v) is 2.58. The van der Waals surface area contributed by atoms with Gasteiger partial charge in [-0.3, -0.25) is 4.68 Å². The van der Waals surface area contributed by atoms with Gasteiger partial charge in [-0.2, -0.15) is 5.10 Å². The molecule has 5 nitrogen and oxygen atoms in total. The second kappa shape index (κ2) is 5.54. The van der Waals surface area contributed by atoms with E-state index in [0.29, 0.717) is 10.7 Å². The van der Waals surface area contributed by atoms with Crippen LogP contribution in [0.1, 0.15) is 12.1 Å². The summed E-state index contributed by atoms with van der Waals surface area (Å²) >= 11 is 6.01. The van der Waals surface area contributed by atoms with Crippen molar-refractivity contribution in [2.45, 2.75) is 25.4 Å². The van der Waals surface area contributed by atoms with Crippen molar-refractivity contribution in [3.63, 3.8) is 0 Å². The molecule has 0 saturated heterocycles. The van der Waals surface area contributed by atoms with Gasteiger partial charge in [-0.25, -0.2) is 4.79 Å². The molecule has 0 bridgehead atoms. The van der Waals surface area contributed by atoms with E-state index in [1.54, 1.807) is 18.3 Å². The first-order valence-electron chi connectivity index (χ1n) is 6.55. The van der Waals surface area contributed by atoms with Crippen LogP contribution >= 0.6 is 11.6 Å². The maximum atomic E-state index is 12.0. The molecule has 3 rings (SSSR count). The quantitative estimate of drug-likeness (QED) is 0.893. The third kappa shape index (κ3) is 2.77. The maximum Gasteiger partial charge on any atom is 0.319 e. The van der Waals surface area contributed by atoms with Gasteiger partial charge < -0.3 is 10.6 Å². The number of hydrogen-bond acceptors (Lipinski definition) is 2. The van der Waals surface area contributed by atoms with Gasteiger partial charge in [-0.05, 0) is 24.6 Å². The van der Waals surface area contributed by atoms with E-state index in [9.17, 15) is 4.79 Å². The van der Waals surface area contributed by atoms with E-state index >= 15 is 0 Å². The molecule has 1 atom stereocenters. The zero-order valence-electron chi connectivity index (χ0n) is 10.8. The van der Waals surface area contributed by atoms with Crippen LogP contribution in [0, 0.1) is 0 Å². The number of anilines is 1. The van der Waals surface area contributed by atoms with Gasteiger partial charge in [0.05, 0.1) is 10.7 Å². The molecule has 2 N–H and O–H groups in total. The third-order valence-electron chi connectivity index (χ3n) is 3.41. The lowest BCUT2D eigenvalue weighted by molar-refractivity contribution is 0.245. The number of nitrogens with zero attached hydrogens (tertiary/aromatic N) is 2. The Morgan fingerprint density at radius 1 is 1.35 bits per heavy atom. The van der Waals surface area contributed by atoms with Gasteiger partial charge in [-0.15, -0.1) is 0 Å². The number of para-hydroxylation sites is 1. The Kier molecular flexibility index (Phi) is 3.60. The number of halogens is 1. The second-order valence-corrected chi connectivity index (χ2v) is 5.22. The minimum Gasteiger partial charge on any atom is -0.335 e.